The minimum absolute atomic E-state index is 0.0159. The van der Waals surface area contributed by atoms with Gasteiger partial charge in [-0.25, -0.2) is 28.9 Å². The summed E-state index contributed by atoms with van der Waals surface area (Å²) in [5.41, 5.74) is -0.802. The fraction of sp³-hybridized carbons (Fsp3) is 0.455. The minimum atomic E-state index is -4.35. The number of aliphatic hydroxyl groups is 2. The Morgan fingerprint density at radius 3 is 2.51 bits per heavy atom. The van der Waals surface area contributed by atoms with Gasteiger partial charge >= 0.3 is 13.5 Å². The van der Waals surface area contributed by atoms with Gasteiger partial charge < -0.3 is 39.1 Å². The number of nitrogens with zero attached hydrogens (tertiary/aromatic N) is 7. The summed E-state index contributed by atoms with van der Waals surface area (Å²) in [6, 6.07) is 0. The van der Waals surface area contributed by atoms with E-state index in [1.54, 1.807) is 0 Å². The Morgan fingerprint density at radius 2 is 1.68 bits per heavy atom. The quantitative estimate of drug-likeness (QED) is 0.0948. The molecule has 0 amide bonds. The molecule has 8 heterocycles. The van der Waals surface area contributed by atoms with Crippen LogP contribution in [0.5, 0.6) is 0 Å². The van der Waals surface area contributed by atoms with Crippen LogP contribution in [0.4, 0.5) is 0 Å². The number of hydrogen-bond acceptors (Lipinski definition) is 16. The Kier molecular flexibility index (Phi) is 7.57. The van der Waals surface area contributed by atoms with Gasteiger partial charge in [-0.15, -0.1) is 0 Å². The molecule has 3 aliphatic rings. The van der Waals surface area contributed by atoms with Crippen LogP contribution in [0.3, 0.4) is 0 Å². The summed E-state index contributed by atoms with van der Waals surface area (Å²) in [5, 5.41) is 22.5. The maximum Gasteiger partial charge on any atom is 0.386 e. The average Bonchev–Trinajstić information content (AvgIpc) is 3.85. The second-order valence-electron chi connectivity index (χ2n) is 10.7. The molecule has 3 aliphatic heterocycles. The van der Waals surface area contributed by atoms with E-state index in [1.807, 2.05) is 0 Å². The summed E-state index contributed by atoms with van der Waals surface area (Å²) in [6.45, 7) is -9.73. The number of imidazole rings is 3. The van der Waals surface area contributed by atoms with Crippen molar-refractivity contribution >= 4 is 65.7 Å². The Hall–Kier alpha value is -2.89. The molecule has 2 bridgehead atoms. The highest BCUT2D eigenvalue weighted by atomic mass is 32.7. The second kappa shape index (κ2) is 11.3. The summed E-state index contributed by atoms with van der Waals surface area (Å²) >= 11 is 9.33. The van der Waals surface area contributed by atoms with Crippen LogP contribution in [-0.4, -0.2) is 108 Å². The smallest absolute Gasteiger partial charge is 0.386 e. The molecule has 8 rings (SSSR count). The molecule has 5 aromatic heterocycles. The van der Waals surface area contributed by atoms with Gasteiger partial charge in [0.05, 0.1) is 32.2 Å². The third-order valence-corrected chi connectivity index (χ3v) is 11.1. The number of ether oxygens (including phenoxy) is 2. The number of aromatic nitrogens is 9. The molecule has 0 aliphatic carbocycles. The molecule has 10 atom stereocenters. The normalized spacial score (nSPS) is 36.8. The summed E-state index contributed by atoms with van der Waals surface area (Å²) in [4.78, 5) is 58.0. The third kappa shape index (κ3) is 5.31. The lowest BCUT2D eigenvalue weighted by Gasteiger charge is -2.27. The zero-order valence-corrected chi connectivity index (χ0v) is 26.8. The van der Waals surface area contributed by atoms with E-state index in [0.29, 0.717) is 0 Å². The highest BCUT2D eigenvalue weighted by Crippen LogP contribution is 2.58. The molecule has 250 valence electrons. The first-order chi connectivity index (χ1) is 22.4. The lowest BCUT2D eigenvalue weighted by molar-refractivity contribution is -0.0594. The van der Waals surface area contributed by atoms with Crippen molar-refractivity contribution in [1.82, 2.24) is 43.4 Å². The van der Waals surface area contributed by atoms with E-state index in [9.17, 15) is 29.3 Å². The van der Waals surface area contributed by atoms with Gasteiger partial charge in [-0.05, 0) is 11.8 Å². The fourth-order valence-corrected chi connectivity index (χ4v) is 8.68. The van der Waals surface area contributed by atoms with Crippen LogP contribution >= 0.6 is 25.8 Å². The summed E-state index contributed by atoms with van der Waals surface area (Å²) in [6.07, 6.45) is -4.58. The van der Waals surface area contributed by atoms with Gasteiger partial charge in [-0.1, -0.05) is 12.2 Å². The Bertz CT molecular complexity index is 2240. The zero-order valence-electron chi connectivity index (χ0n) is 23.3. The number of nitrogens with one attached hydrogen (secondary N) is 2. The van der Waals surface area contributed by atoms with E-state index in [0.717, 1.165) is 6.33 Å². The maximum absolute atomic E-state index is 13.5. The number of hydrogen-bond donors (Lipinski definition) is 6. The van der Waals surface area contributed by atoms with Crippen molar-refractivity contribution in [2.75, 3.05) is 13.2 Å². The van der Waals surface area contributed by atoms with E-state index in [-0.39, 0.29) is 28.1 Å². The lowest BCUT2D eigenvalue weighted by atomic mass is 10.1. The van der Waals surface area contributed by atoms with Gasteiger partial charge in [0.25, 0.3) is 11.1 Å². The number of aromatic amines is 2. The van der Waals surface area contributed by atoms with Gasteiger partial charge in [-0.3, -0.25) is 32.3 Å². The van der Waals surface area contributed by atoms with Crippen molar-refractivity contribution in [3.63, 3.8) is 0 Å². The molecule has 5 aromatic rings. The summed E-state index contributed by atoms with van der Waals surface area (Å²) in [7, 11) is 0. The van der Waals surface area contributed by atoms with Crippen molar-refractivity contribution in [3.8, 4) is 0 Å². The number of H-pyrrole nitrogens is 2. The topological polar surface area (TPSA) is 265 Å². The molecule has 0 saturated carbocycles. The maximum atomic E-state index is 13.5. The van der Waals surface area contributed by atoms with Crippen molar-refractivity contribution in [2.24, 2.45) is 0 Å². The fourth-order valence-electron chi connectivity index (χ4n) is 5.77. The van der Waals surface area contributed by atoms with E-state index < -0.39 is 86.9 Å². The Balaban J connectivity index is 1.12. The molecular weight excluding hydrogens is 708 g/mol. The Morgan fingerprint density at radius 1 is 0.936 bits per heavy atom. The molecule has 25 heteroatoms. The van der Waals surface area contributed by atoms with Crippen LogP contribution in [0.25, 0.3) is 28.1 Å². The van der Waals surface area contributed by atoms with E-state index in [4.69, 9.17) is 39.4 Å². The highest BCUT2D eigenvalue weighted by Gasteiger charge is 2.53. The molecule has 47 heavy (non-hydrogen) atoms. The highest BCUT2D eigenvalue weighted by molar-refractivity contribution is 8.44. The van der Waals surface area contributed by atoms with E-state index in [2.05, 4.69) is 42.2 Å². The number of fused-ring (bicyclic) bond motifs is 6. The third-order valence-electron chi connectivity index (χ3n) is 7.94. The summed E-state index contributed by atoms with van der Waals surface area (Å²) < 4.78 is 51.9. The van der Waals surface area contributed by atoms with Crippen LogP contribution in [-0.2, 0) is 43.9 Å². The molecule has 2 unspecified atom stereocenters. The standard InChI is InChI=1S/C22H23N9O12P2S2/c32-12-8-3-38-44(36,46)42-14-9(41-20(13(14)33)31-7-27-11-17(31)28-22-23-1-2-29(22)19(11)35)4-39-45(37,47)43-15(12)21(40-8)30-6-26-10-16(30)24-5-25-18(10)34/h1-2,5-9,12-15,20-21,32-33H,3-4H2,(H,23,28)(H,36,46)(H,37,47)(H,24,25,34)/t8-,9-,12-,13-,14-,15-,20-,21-,44?,45?/m1/s1. The van der Waals surface area contributed by atoms with Gasteiger partial charge in [0.2, 0.25) is 5.78 Å². The zero-order chi connectivity index (χ0) is 32.8. The van der Waals surface area contributed by atoms with Crippen molar-refractivity contribution < 1.29 is 47.2 Å². The monoisotopic (exact) mass is 731 g/mol. The predicted octanol–water partition coefficient (Wildman–Crippen LogP) is -0.906. The minimum Gasteiger partial charge on any atom is -0.387 e. The van der Waals surface area contributed by atoms with Crippen molar-refractivity contribution in [3.05, 3.63) is 52.1 Å². The first kappa shape index (κ1) is 31.4. The number of aliphatic hydroxyl groups excluding tert-OH is 2. The average molecular weight is 732 g/mol. The van der Waals surface area contributed by atoms with Crippen molar-refractivity contribution in [2.45, 2.75) is 49.1 Å². The first-order valence-corrected chi connectivity index (χ1v) is 19.0. The van der Waals surface area contributed by atoms with Gasteiger partial charge in [0, 0.05) is 12.4 Å². The number of thiol groups is 1. The summed E-state index contributed by atoms with van der Waals surface area (Å²) in [5.74, 6) is 0.203. The van der Waals surface area contributed by atoms with Crippen LogP contribution in [0.1, 0.15) is 12.5 Å². The van der Waals surface area contributed by atoms with Crippen LogP contribution in [0.15, 0.2) is 41.0 Å². The molecule has 3 saturated heterocycles. The molecular formula is C22H23N9O12P2S2. The van der Waals surface area contributed by atoms with Gasteiger partial charge in [0.15, 0.2) is 29.1 Å². The molecule has 3 fully saturated rings. The van der Waals surface area contributed by atoms with Crippen LogP contribution < -0.4 is 11.1 Å². The number of rotatable bonds is 2. The second-order valence-corrected chi connectivity index (χ2v) is 16.4. The first-order valence-electron chi connectivity index (χ1n) is 13.7. The van der Waals surface area contributed by atoms with Gasteiger partial charge in [0.1, 0.15) is 42.3 Å². The van der Waals surface area contributed by atoms with E-state index >= 15 is 0 Å². The SMILES string of the molecule is O=c1[nH]cnc2c1ncn2[C@@H]1O[C@@H]2COP(=O)(S)O[C@H]3[C@@H](O)[C@H](n4cnc5c(=O)n6ccnc6[nH]c54)O[C@@H]3COP(O)(=S)O[C@@H]1[C@@H]2O. The van der Waals surface area contributed by atoms with E-state index in [1.165, 1.54) is 38.6 Å². The molecule has 0 spiro atoms. The lowest BCUT2D eigenvalue weighted by Crippen LogP contribution is -2.36. The molecule has 21 nitrogen and oxygen atoms in total. The Labute approximate surface area is 270 Å². The van der Waals surface area contributed by atoms with Gasteiger partial charge in [-0.2, -0.15) is 0 Å². The molecule has 0 radical (unpaired) electrons. The largest absolute Gasteiger partial charge is 0.387 e. The van der Waals surface area contributed by atoms with Crippen molar-refractivity contribution in [1.29, 1.82) is 0 Å². The molecule has 0 aromatic carbocycles. The van der Waals surface area contributed by atoms with Crippen LogP contribution in [0.2, 0.25) is 0 Å². The predicted molar refractivity (Wildman–Crippen MR) is 162 cm³/mol. The molecule has 5 N–H and O–H groups in total. The van der Waals surface area contributed by atoms with Crippen LogP contribution in [0, 0.1) is 0 Å².